The third-order valence-corrected chi connectivity index (χ3v) is 8.32. The second-order valence-electron chi connectivity index (χ2n) is 11.5. The molecule has 25 nitrogen and oxygen atoms in total. The monoisotopic (exact) mass is 736 g/mol. The van der Waals surface area contributed by atoms with Crippen LogP contribution < -0.4 is 0 Å². The fourth-order valence-electron chi connectivity index (χ4n) is 5.68. The Morgan fingerprint density at radius 2 is 0.660 bits per heavy atom. The minimum absolute atomic E-state index is 0.994. The maximum absolute atomic E-state index is 12.1. The number of aliphatic hydroxyl groups excluding tert-OH is 9. The van der Waals surface area contributed by atoms with Crippen LogP contribution in [0.3, 0.4) is 0 Å². The number of hydrogen-bond donors (Lipinski definition) is 13. The predicted octanol–water partition coefficient (Wildman–Crippen LogP) is -8.73. The molecule has 0 aromatic heterocycles. The van der Waals surface area contributed by atoms with Crippen molar-refractivity contribution >= 4 is 23.9 Å². The molecule has 0 bridgehead atoms. The molecule has 4 aliphatic heterocycles. The Balaban J connectivity index is 1.51. The van der Waals surface area contributed by atoms with Gasteiger partial charge in [-0.15, -0.1) is 0 Å². The molecule has 4 fully saturated rings. The summed E-state index contributed by atoms with van der Waals surface area (Å²) >= 11 is 0. The zero-order valence-corrected chi connectivity index (χ0v) is 25.3. The summed E-state index contributed by atoms with van der Waals surface area (Å²) in [6, 6.07) is 0. The van der Waals surface area contributed by atoms with Gasteiger partial charge in [-0.1, -0.05) is 0 Å². The fraction of sp³-hybridized carbons (Fsp3) is 0.840. The molecular formula is C25H36O25. The second-order valence-corrected chi connectivity index (χ2v) is 11.5. The molecule has 0 amide bonds. The van der Waals surface area contributed by atoms with Crippen molar-refractivity contribution in [3.05, 3.63) is 0 Å². The first-order valence-corrected chi connectivity index (χ1v) is 14.5. The lowest BCUT2D eigenvalue weighted by Gasteiger charge is -2.47. The van der Waals surface area contributed by atoms with Crippen molar-refractivity contribution in [1.82, 2.24) is 0 Å². The van der Waals surface area contributed by atoms with E-state index >= 15 is 0 Å². The highest BCUT2D eigenvalue weighted by Crippen LogP contribution is 2.34. The molecule has 286 valence electrons. The van der Waals surface area contributed by atoms with Crippen LogP contribution >= 0.6 is 0 Å². The van der Waals surface area contributed by atoms with Crippen molar-refractivity contribution < 1.29 is 123 Å². The molecule has 20 atom stereocenters. The van der Waals surface area contributed by atoms with Crippen LogP contribution in [0.4, 0.5) is 0 Å². The molecule has 4 heterocycles. The molecule has 4 rings (SSSR count). The van der Waals surface area contributed by atoms with Crippen molar-refractivity contribution in [2.24, 2.45) is 0 Å². The van der Waals surface area contributed by atoms with E-state index in [1.54, 1.807) is 0 Å². The van der Waals surface area contributed by atoms with Crippen LogP contribution in [0.1, 0.15) is 0 Å². The van der Waals surface area contributed by atoms with E-state index in [0.717, 1.165) is 7.11 Å². The Kier molecular flexibility index (Phi) is 12.7. The topological polar surface area (TPSA) is 405 Å². The van der Waals surface area contributed by atoms with Crippen molar-refractivity contribution in [3.8, 4) is 0 Å². The van der Waals surface area contributed by atoms with Gasteiger partial charge in [0.1, 0.15) is 73.2 Å². The molecule has 0 aliphatic carbocycles. The van der Waals surface area contributed by atoms with Crippen LogP contribution in [0.15, 0.2) is 0 Å². The average Bonchev–Trinajstić information content (AvgIpc) is 3.05. The number of methoxy groups -OCH3 is 1. The molecular weight excluding hydrogens is 700 g/mol. The number of hydrogen-bond acceptors (Lipinski definition) is 21. The van der Waals surface area contributed by atoms with Gasteiger partial charge in [0.05, 0.1) is 0 Å². The van der Waals surface area contributed by atoms with Crippen molar-refractivity contribution in [1.29, 1.82) is 0 Å². The maximum atomic E-state index is 12.1. The van der Waals surface area contributed by atoms with Gasteiger partial charge in [-0.2, -0.15) is 0 Å². The van der Waals surface area contributed by atoms with Crippen LogP contribution in [-0.4, -0.2) is 220 Å². The quantitative estimate of drug-likeness (QED) is 0.0936. The van der Waals surface area contributed by atoms with Gasteiger partial charge in [0, 0.05) is 7.11 Å². The molecule has 13 N–H and O–H groups in total. The van der Waals surface area contributed by atoms with Crippen LogP contribution in [-0.2, 0) is 57.1 Å². The number of carbonyl (C=O) groups is 4. The predicted molar refractivity (Wildman–Crippen MR) is 141 cm³/mol. The van der Waals surface area contributed by atoms with Crippen molar-refractivity contribution in [2.45, 2.75) is 123 Å². The van der Waals surface area contributed by atoms with Crippen LogP contribution in [0.25, 0.3) is 0 Å². The zero-order chi connectivity index (χ0) is 37.5. The summed E-state index contributed by atoms with van der Waals surface area (Å²) in [7, 11) is 0.994. The van der Waals surface area contributed by atoms with Gasteiger partial charge in [-0.3, -0.25) is 0 Å². The van der Waals surface area contributed by atoms with E-state index in [1.807, 2.05) is 0 Å². The third kappa shape index (κ3) is 7.68. The molecule has 0 aromatic rings. The largest absolute Gasteiger partial charge is 0.479 e. The summed E-state index contributed by atoms with van der Waals surface area (Å²) in [5.74, 6) is -7.45. The second kappa shape index (κ2) is 15.8. The van der Waals surface area contributed by atoms with Gasteiger partial charge >= 0.3 is 23.9 Å². The summed E-state index contributed by atoms with van der Waals surface area (Å²) in [5.41, 5.74) is 0. The molecule has 0 radical (unpaired) electrons. The van der Waals surface area contributed by atoms with Gasteiger partial charge in [-0.25, -0.2) is 19.2 Å². The van der Waals surface area contributed by atoms with Crippen LogP contribution in [0.2, 0.25) is 0 Å². The fourth-order valence-corrected chi connectivity index (χ4v) is 5.68. The third-order valence-electron chi connectivity index (χ3n) is 8.32. The first kappa shape index (κ1) is 40.0. The van der Waals surface area contributed by atoms with Crippen molar-refractivity contribution in [3.63, 3.8) is 0 Å². The Morgan fingerprint density at radius 3 is 0.960 bits per heavy atom. The summed E-state index contributed by atoms with van der Waals surface area (Å²) in [6.07, 6.45) is -44.4. The van der Waals surface area contributed by atoms with E-state index in [4.69, 9.17) is 33.2 Å². The first-order chi connectivity index (χ1) is 23.3. The summed E-state index contributed by atoms with van der Waals surface area (Å²) in [4.78, 5) is 47.5. The minimum Gasteiger partial charge on any atom is -0.479 e. The van der Waals surface area contributed by atoms with E-state index in [-0.39, 0.29) is 0 Å². The minimum atomic E-state index is -2.42. The molecule has 12 unspecified atom stereocenters. The van der Waals surface area contributed by atoms with E-state index in [9.17, 15) is 85.6 Å². The summed E-state index contributed by atoms with van der Waals surface area (Å²) in [5, 5.41) is 132. The number of carboxylic acid groups (broad SMARTS) is 4. The normalized spacial score (nSPS) is 48.4. The highest BCUT2D eigenvalue weighted by molar-refractivity contribution is 5.75. The number of rotatable bonds is 11. The Labute approximate surface area is 277 Å². The van der Waals surface area contributed by atoms with E-state index in [1.165, 1.54) is 0 Å². The van der Waals surface area contributed by atoms with Crippen molar-refractivity contribution in [2.75, 3.05) is 7.11 Å². The molecule has 25 heteroatoms. The highest BCUT2D eigenvalue weighted by Gasteiger charge is 2.58. The Bertz CT molecular complexity index is 1230. The molecule has 0 aromatic carbocycles. The summed E-state index contributed by atoms with van der Waals surface area (Å²) < 4.78 is 40.6. The maximum Gasteiger partial charge on any atom is 0.335 e. The Morgan fingerprint density at radius 1 is 0.400 bits per heavy atom. The molecule has 50 heavy (non-hydrogen) atoms. The van der Waals surface area contributed by atoms with Crippen LogP contribution in [0.5, 0.6) is 0 Å². The van der Waals surface area contributed by atoms with Gasteiger partial charge < -0.3 is 104 Å². The lowest BCUT2D eigenvalue weighted by atomic mass is 9.95. The number of aliphatic hydroxyl groups is 9. The van der Waals surface area contributed by atoms with Gasteiger partial charge in [0.2, 0.25) is 0 Å². The molecule has 0 spiro atoms. The standard InChI is InChI=1S/C25H36O25/c1-43-10-3(27)7(31)23(48-14(10)18(34)35)46-12-5(29)9(33)25(50-16(12)20(38)39)47-13-4(28)8(32)24(49-17(13)21(40)41)45-11-2(26)6(30)22(42)44-15(11)19(36)37/h2-17,22-33,42H,1H3,(H,34,35)(H,36,37)(H,38,39)(H,40,41)/t2?,3?,4?,5?,6?,7?,8?,9?,10-,11-,12-,13-,14?,15?,16?,17?,22+,23+,24+,25+/m0/s1. The molecule has 4 saturated heterocycles. The zero-order valence-electron chi connectivity index (χ0n) is 25.3. The number of ether oxygens (including phenoxy) is 8. The van der Waals surface area contributed by atoms with E-state index in [2.05, 4.69) is 4.74 Å². The first-order valence-electron chi connectivity index (χ1n) is 14.5. The van der Waals surface area contributed by atoms with Gasteiger partial charge in [-0.05, 0) is 0 Å². The SMILES string of the molecule is CO[C@@H]1C(C(=O)O)O[C@@H](O[C@@H]2C(C(=O)O)O[C@@H](O[C@@H]3C(C(=O)O)O[C@@H](O[C@@H]4C(C(=O)O)O[C@@H](O)C(O)C4O)C(O)C3O)C(O)C2O)C(O)C1O. The average molecular weight is 737 g/mol. The number of aliphatic carboxylic acids is 4. The van der Waals surface area contributed by atoms with Gasteiger partial charge in [0.15, 0.2) is 49.6 Å². The van der Waals surface area contributed by atoms with E-state index in [0.29, 0.717) is 0 Å². The molecule has 4 aliphatic rings. The van der Waals surface area contributed by atoms with Gasteiger partial charge in [0.25, 0.3) is 0 Å². The smallest absolute Gasteiger partial charge is 0.335 e. The molecule has 0 saturated carbocycles. The Hall–Kier alpha value is -2.80. The van der Waals surface area contributed by atoms with E-state index < -0.39 is 147 Å². The highest BCUT2D eigenvalue weighted by atomic mass is 16.8. The lowest BCUT2D eigenvalue weighted by Crippen LogP contribution is -2.68. The lowest BCUT2D eigenvalue weighted by molar-refractivity contribution is -0.378. The number of carboxylic acids is 4. The van der Waals surface area contributed by atoms with Crippen LogP contribution in [0, 0.1) is 0 Å². The summed E-state index contributed by atoms with van der Waals surface area (Å²) in [6.45, 7) is 0.